The Kier molecular flexibility index (Phi) is 6.99. The van der Waals surface area contributed by atoms with Crippen LogP contribution in [0.3, 0.4) is 0 Å². The minimum Gasteiger partial charge on any atom is -0.494 e. The molecule has 3 nitrogen and oxygen atoms in total. The zero-order valence-corrected chi connectivity index (χ0v) is 13.5. The van der Waals surface area contributed by atoms with Gasteiger partial charge in [0.1, 0.15) is 11.8 Å². The lowest BCUT2D eigenvalue weighted by Crippen LogP contribution is -2.21. The summed E-state index contributed by atoms with van der Waals surface area (Å²) in [6.07, 6.45) is 9.47. The maximum Gasteiger partial charge on any atom is 0.121 e. The Morgan fingerprint density at radius 3 is 3.00 bits per heavy atom. The standard InChI is InChI=1S/C19H26N2O/c1-2-13-22-18-10-6-9-17(14-18)19(15-20)21-12-11-16-7-4-3-5-8-16/h6-7,9-10,14,19,21H,2-5,8,11-13H2,1H3. The van der Waals surface area contributed by atoms with Gasteiger partial charge in [-0.25, -0.2) is 0 Å². The van der Waals surface area contributed by atoms with Crippen LogP contribution >= 0.6 is 0 Å². The van der Waals surface area contributed by atoms with E-state index < -0.39 is 0 Å². The van der Waals surface area contributed by atoms with E-state index >= 15 is 0 Å². The fraction of sp³-hybridized carbons (Fsp3) is 0.526. The molecule has 1 unspecified atom stereocenters. The van der Waals surface area contributed by atoms with Crippen LogP contribution in [0.4, 0.5) is 0 Å². The van der Waals surface area contributed by atoms with Gasteiger partial charge in [-0.2, -0.15) is 5.26 Å². The number of allylic oxidation sites excluding steroid dienone is 1. The number of ether oxygens (including phenoxy) is 1. The molecular weight excluding hydrogens is 272 g/mol. The fourth-order valence-electron chi connectivity index (χ4n) is 2.75. The monoisotopic (exact) mass is 298 g/mol. The van der Waals surface area contributed by atoms with E-state index in [-0.39, 0.29) is 6.04 Å². The number of rotatable bonds is 8. The van der Waals surface area contributed by atoms with Crippen molar-refractivity contribution in [3.8, 4) is 11.8 Å². The highest BCUT2D eigenvalue weighted by atomic mass is 16.5. The molecular formula is C19H26N2O. The van der Waals surface area contributed by atoms with Crippen LogP contribution in [0.15, 0.2) is 35.9 Å². The summed E-state index contributed by atoms with van der Waals surface area (Å²) in [7, 11) is 0. The first-order valence-corrected chi connectivity index (χ1v) is 8.37. The van der Waals surface area contributed by atoms with E-state index in [2.05, 4.69) is 24.4 Å². The first-order valence-electron chi connectivity index (χ1n) is 8.37. The molecule has 0 aliphatic heterocycles. The first-order chi connectivity index (χ1) is 10.8. The van der Waals surface area contributed by atoms with Crippen molar-refractivity contribution in [1.29, 1.82) is 5.26 Å². The van der Waals surface area contributed by atoms with Crippen molar-refractivity contribution in [2.75, 3.05) is 13.2 Å². The predicted molar refractivity (Wildman–Crippen MR) is 89.8 cm³/mol. The molecule has 0 amide bonds. The molecule has 1 aromatic carbocycles. The second-order valence-electron chi connectivity index (χ2n) is 5.80. The second-order valence-corrected chi connectivity index (χ2v) is 5.80. The Morgan fingerprint density at radius 2 is 2.27 bits per heavy atom. The van der Waals surface area contributed by atoms with Crippen LogP contribution in [0.1, 0.15) is 57.1 Å². The molecule has 118 valence electrons. The summed E-state index contributed by atoms with van der Waals surface area (Å²) in [5.41, 5.74) is 2.52. The molecule has 0 fully saturated rings. The van der Waals surface area contributed by atoms with E-state index in [0.29, 0.717) is 6.61 Å². The van der Waals surface area contributed by atoms with Crippen LogP contribution in [-0.4, -0.2) is 13.2 Å². The van der Waals surface area contributed by atoms with Crippen LogP contribution in [0.25, 0.3) is 0 Å². The molecule has 22 heavy (non-hydrogen) atoms. The molecule has 0 radical (unpaired) electrons. The summed E-state index contributed by atoms with van der Waals surface area (Å²) in [6, 6.07) is 9.94. The van der Waals surface area contributed by atoms with Gasteiger partial charge < -0.3 is 4.74 Å². The minimum absolute atomic E-state index is 0.269. The summed E-state index contributed by atoms with van der Waals surface area (Å²) in [5, 5.41) is 12.8. The average Bonchev–Trinajstić information content (AvgIpc) is 2.58. The highest BCUT2D eigenvalue weighted by Gasteiger charge is 2.11. The van der Waals surface area contributed by atoms with Gasteiger partial charge >= 0.3 is 0 Å². The van der Waals surface area contributed by atoms with Crippen molar-refractivity contribution in [3.63, 3.8) is 0 Å². The second kappa shape index (κ2) is 9.27. The van der Waals surface area contributed by atoms with Gasteiger partial charge in [-0.1, -0.05) is 30.7 Å². The van der Waals surface area contributed by atoms with Crippen molar-refractivity contribution in [2.45, 2.75) is 51.5 Å². The van der Waals surface area contributed by atoms with Crippen molar-refractivity contribution >= 4 is 0 Å². The topological polar surface area (TPSA) is 45.0 Å². The van der Waals surface area contributed by atoms with Gasteiger partial charge in [-0.05, 0) is 56.2 Å². The highest BCUT2D eigenvalue weighted by molar-refractivity contribution is 5.33. The maximum absolute atomic E-state index is 9.42. The summed E-state index contributed by atoms with van der Waals surface area (Å²) >= 11 is 0. The minimum atomic E-state index is -0.269. The zero-order chi connectivity index (χ0) is 15.6. The zero-order valence-electron chi connectivity index (χ0n) is 13.5. The van der Waals surface area contributed by atoms with E-state index in [4.69, 9.17) is 4.74 Å². The number of nitrogens with zero attached hydrogens (tertiary/aromatic N) is 1. The largest absolute Gasteiger partial charge is 0.494 e. The Labute approximate surface area is 134 Å². The lowest BCUT2D eigenvalue weighted by Gasteiger charge is -2.16. The van der Waals surface area contributed by atoms with E-state index in [1.54, 1.807) is 0 Å². The van der Waals surface area contributed by atoms with Crippen molar-refractivity contribution in [2.24, 2.45) is 0 Å². The third kappa shape index (κ3) is 5.20. The number of nitriles is 1. The van der Waals surface area contributed by atoms with Crippen molar-refractivity contribution in [3.05, 3.63) is 41.5 Å². The lowest BCUT2D eigenvalue weighted by atomic mass is 9.97. The van der Waals surface area contributed by atoms with Gasteiger partial charge in [0.15, 0.2) is 0 Å². The van der Waals surface area contributed by atoms with Gasteiger partial charge in [0, 0.05) is 6.54 Å². The van der Waals surface area contributed by atoms with Crippen LogP contribution in [0.2, 0.25) is 0 Å². The van der Waals surface area contributed by atoms with Crippen molar-refractivity contribution in [1.82, 2.24) is 5.32 Å². The lowest BCUT2D eigenvalue weighted by molar-refractivity contribution is 0.317. The first kappa shape index (κ1) is 16.6. The van der Waals surface area contributed by atoms with Gasteiger partial charge in [0.25, 0.3) is 0 Å². The number of nitrogens with one attached hydrogen (secondary N) is 1. The van der Waals surface area contributed by atoms with Crippen molar-refractivity contribution < 1.29 is 4.74 Å². The number of hydrogen-bond donors (Lipinski definition) is 1. The predicted octanol–water partition coefficient (Wildman–Crippen LogP) is 4.52. The van der Waals surface area contributed by atoms with Gasteiger partial charge in [-0.15, -0.1) is 0 Å². The molecule has 2 rings (SSSR count). The summed E-state index contributed by atoms with van der Waals surface area (Å²) in [4.78, 5) is 0. The third-order valence-electron chi connectivity index (χ3n) is 3.97. The smallest absolute Gasteiger partial charge is 0.121 e. The van der Waals surface area contributed by atoms with Crippen LogP contribution in [0, 0.1) is 11.3 Å². The highest BCUT2D eigenvalue weighted by Crippen LogP contribution is 2.21. The molecule has 0 heterocycles. The Morgan fingerprint density at radius 1 is 1.36 bits per heavy atom. The van der Waals surface area contributed by atoms with E-state index in [1.165, 1.54) is 31.3 Å². The van der Waals surface area contributed by atoms with E-state index in [9.17, 15) is 5.26 Å². The SMILES string of the molecule is CCCOc1cccc(C(C#N)NCCC2=CCCCC2)c1. The van der Waals surface area contributed by atoms with Crippen LogP contribution in [-0.2, 0) is 0 Å². The molecule has 1 aliphatic carbocycles. The maximum atomic E-state index is 9.42. The Bertz CT molecular complexity index is 530. The quantitative estimate of drug-likeness (QED) is 0.718. The summed E-state index contributed by atoms with van der Waals surface area (Å²) < 4.78 is 5.64. The average molecular weight is 298 g/mol. The Hall–Kier alpha value is -1.79. The molecule has 0 aromatic heterocycles. The van der Waals surface area contributed by atoms with Gasteiger partial charge in [-0.3, -0.25) is 5.32 Å². The molecule has 1 aromatic rings. The number of hydrogen-bond acceptors (Lipinski definition) is 3. The molecule has 0 spiro atoms. The third-order valence-corrected chi connectivity index (χ3v) is 3.97. The van der Waals surface area contributed by atoms with E-state index in [1.807, 2.05) is 24.3 Å². The molecule has 0 bridgehead atoms. The molecule has 1 aliphatic rings. The van der Waals surface area contributed by atoms with Crippen LogP contribution < -0.4 is 10.1 Å². The summed E-state index contributed by atoms with van der Waals surface area (Å²) in [6.45, 7) is 3.65. The Balaban J connectivity index is 1.88. The molecule has 3 heteroatoms. The normalized spacial score (nSPS) is 15.7. The number of benzene rings is 1. The molecule has 0 saturated carbocycles. The van der Waals surface area contributed by atoms with Gasteiger partial charge in [0.05, 0.1) is 12.7 Å². The molecule has 1 atom stereocenters. The summed E-state index contributed by atoms with van der Waals surface area (Å²) in [5.74, 6) is 0.844. The molecule has 0 saturated heterocycles. The van der Waals surface area contributed by atoms with Crippen LogP contribution in [0.5, 0.6) is 5.75 Å². The van der Waals surface area contributed by atoms with Gasteiger partial charge in [0.2, 0.25) is 0 Å². The fourth-order valence-corrected chi connectivity index (χ4v) is 2.75. The van der Waals surface area contributed by atoms with E-state index in [0.717, 1.165) is 30.7 Å². The molecule has 1 N–H and O–H groups in total.